The quantitative estimate of drug-likeness (QED) is 0.461. The minimum atomic E-state index is -1.15. The van der Waals surface area contributed by atoms with Gasteiger partial charge in [-0.25, -0.2) is 9.18 Å². The molecule has 0 spiro atoms. The second-order valence-electron chi connectivity index (χ2n) is 8.84. The van der Waals surface area contributed by atoms with Crippen molar-refractivity contribution in [3.8, 4) is 11.8 Å². The van der Waals surface area contributed by atoms with Crippen LogP contribution in [0.15, 0.2) is 24.3 Å². The lowest BCUT2D eigenvalue weighted by Crippen LogP contribution is -2.43. The van der Waals surface area contributed by atoms with Gasteiger partial charge in [0, 0.05) is 16.5 Å². The van der Waals surface area contributed by atoms with E-state index in [4.69, 9.17) is 23.2 Å². The summed E-state index contributed by atoms with van der Waals surface area (Å²) < 4.78 is 13.8. The highest BCUT2D eigenvalue weighted by Gasteiger charge is 2.34. The third kappa shape index (κ3) is 5.83. The van der Waals surface area contributed by atoms with Crippen molar-refractivity contribution >= 4 is 52.1 Å². The van der Waals surface area contributed by atoms with Gasteiger partial charge in [-0.05, 0) is 70.7 Å². The van der Waals surface area contributed by atoms with Crippen molar-refractivity contribution in [3.05, 3.63) is 49.6 Å². The molecule has 1 N–H and O–H groups in total. The molecule has 32 heavy (non-hydrogen) atoms. The van der Waals surface area contributed by atoms with Crippen LogP contribution >= 0.6 is 34.5 Å². The van der Waals surface area contributed by atoms with E-state index >= 15 is 0 Å². The van der Waals surface area contributed by atoms with E-state index in [1.54, 1.807) is 12.1 Å². The minimum absolute atomic E-state index is 0.0176. The number of carboxylic acid groups (broad SMARTS) is 1. The maximum Gasteiger partial charge on any atom is 0.348 e. The Labute approximate surface area is 201 Å². The fraction of sp³-hybridized carbons (Fsp3) is 0.417. The summed E-state index contributed by atoms with van der Waals surface area (Å²) in [6.07, 6.45) is 0.557. The third-order valence-corrected chi connectivity index (χ3v) is 6.67. The number of halogens is 3. The molecule has 8 heteroatoms. The number of aromatic carboxylic acids is 1. The Morgan fingerprint density at radius 3 is 2.38 bits per heavy atom. The summed E-state index contributed by atoms with van der Waals surface area (Å²) in [4.78, 5) is 27.7. The average molecular weight is 496 g/mol. The van der Waals surface area contributed by atoms with Gasteiger partial charge in [0.1, 0.15) is 11.0 Å². The average Bonchev–Trinajstić information content (AvgIpc) is 3.12. The van der Waals surface area contributed by atoms with Crippen LogP contribution in [0, 0.1) is 17.3 Å². The SMILES string of the molecule is CC(C)(C)C#Cc1cc(N(C(=O)c2ccc(Cl)cc2Cl)C2CCC(F)CC2)c(C(=O)O)s1. The lowest BCUT2D eigenvalue weighted by Gasteiger charge is -2.35. The molecule has 0 atom stereocenters. The summed E-state index contributed by atoms with van der Waals surface area (Å²) in [7, 11) is 0. The molecule has 170 valence electrons. The monoisotopic (exact) mass is 495 g/mol. The first kappa shape index (κ1) is 24.6. The highest BCUT2D eigenvalue weighted by molar-refractivity contribution is 7.15. The van der Waals surface area contributed by atoms with Crippen LogP contribution in [0.3, 0.4) is 0 Å². The molecule has 1 saturated carbocycles. The van der Waals surface area contributed by atoms with Crippen molar-refractivity contribution in [1.82, 2.24) is 0 Å². The Balaban J connectivity index is 2.12. The van der Waals surface area contributed by atoms with Gasteiger partial charge in [-0.1, -0.05) is 35.0 Å². The number of thiophene rings is 1. The number of carbonyl (C=O) groups is 2. The lowest BCUT2D eigenvalue weighted by atomic mass is 9.92. The number of amides is 1. The second-order valence-corrected chi connectivity index (χ2v) is 10.7. The Kier molecular flexibility index (Phi) is 7.54. The fourth-order valence-corrected chi connectivity index (χ4v) is 4.91. The zero-order chi connectivity index (χ0) is 23.6. The number of carboxylic acids is 1. The van der Waals surface area contributed by atoms with E-state index in [0.717, 1.165) is 11.3 Å². The van der Waals surface area contributed by atoms with Gasteiger partial charge >= 0.3 is 5.97 Å². The summed E-state index contributed by atoms with van der Waals surface area (Å²) in [6.45, 7) is 5.88. The van der Waals surface area contributed by atoms with Gasteiger partial charge in [0.05, 0.1) is 21.2 Å². The smallest absolute Gasteiger partial charge is 0.348 e. The van der Waals surface area contributed by atoms with E-state index in [0.29, 0.717) is 35.6 Å². The maximum atomic E-state index is 13.8. The number of benzene rings is 1. The van der Waals surface area contributed by atoms with Gasteiger partial charge < -0.3 is 10.0 Å². The molecule has 1 amide bonds. The van der Waals surface area contributed by atoms with E-state index in [1.165, 1.54) is 17.0 Å². The largest absolute Gasteiger partial charge is 0.477 e. The lowest BCUT2D eigenvalue weighted by molar-refractivity contribution is 0.0702. The summed E-state index contributed by atoms with van der Waals surface area (Å²) in [6, 6.07) is 5.84. The van der Waals surface area contributed by atoms with Crippen LogP contribution in [0.4, 0.5) is 10.1 Å². The molecule has 0 aliphatic heterocycles. The maximum absolute atomic E-state index is 13.8. The Morgan fingerprint density at radius 1 is 1.16 bits per heavy atom. The van der Waals surface area contributed by atoms with E-state index < -0.39 is 18.0 Å². The molecule has 0 radical (unpaired) electrons. The molecular formula is C24H24Cl2FNO3S. The second kappa shape index (κ2) is 9.82. The molecule has 0 bridgehead atoms. The predicted molar refractivity (Wildman–Crippen MR) is 128 cm³/mol. The predicted octanol–water partition coefficient (Wildman–Crippen LogP) is 7.08. The van der Waals surface area contributed by atoms with Crippen LogP contribution in [0.2, 0.25) is 10.0 Å². The first-order valence-electron chi connectivity index (χ1n) is 10.3. The zero-order valence-electron chi connectivity index (χ0n) is 18.0. The number of hydrogen-bond donors (Lipinski definition) is 1. The van der Waals surface area contributed by atoms with Crippen LogP contribution in [0.5, 0.6) is 0 Å². The highest BCUT2D eigenvalue weighted by atomic mass is 35.5. The van der Waals surface area contributed by atoms with E-state index in [-0.39, 0.29) is 32.6 Å². The molecule has 0 unspecified atom stereocenters. The summed E-state index contributed by atoms with van der Waals surface area (Å²) in [5, 5.41) is 10.4. The number of carbonyl (C=O) groups excluding carboxylic acids is 1. The molecule has 1 fully saturated rings. The molecule has 4 nitrogen and oxygen atoms in total. The van der Waals surface area contributed by atoms with Gasteiger partial charge in [0.25, 0.3) is 5.91 Å². The van der Waals surface area contributed by atoms with Crippen molar-refractivity contribution in [2.75, 3.05) is 4.90 Å². The van der Waals surface area contributed by atoms with Crippen molar-refractivity contribution in [2.24, 2.45) is 5.41 Å². The van der Waals surface area contributed by atoms with Crippen LogP contribution in [0.1, 0.15) is 71.4 Å². The van der Waals surface area contributed by atoms with Gasteiger partial charge in [-0.3, -0.25) is 4.79 Å². The molecule has 1 aromatic carbocycles. The third-order valence-electron chi connectivity index (χ3n) is 5.10. The van der Waals surface area contributed by atoms with E-state index in [2.05, 4.69) is 11.8 Å². The standard InChI is InChI=1S/C24H24Cl2FNO3S/c1-24(2,3)11-10-17-13-20(21(32-17)23(30)31)28(16-7-5-15(27)6-8-16)22(29)18-9-4-14(25)12-19(18)26/h4,9,12-13,15-16H,5-8H2,1-3H3,(H,30,31). The molecule has 3 rings (SSSR count). The molecule has 0 saturated heterocycles. The molecule has 1 heterocycles. The fourth-order valence-electron chi connectivity index (χ4n) is 3.58. The molecular weight excluding hydrogens is 472 g/mol. The van der Waals surface area contributed by atoms with E-state index in [9.17, 15) is 19.1 Å². The number of nitrogens with zero attached hydrogens (tertiary/aromatic N) is 1. The highest BCUT2D eigenvalue weighted by Crippen LogP contribution is 2.37. The van der Waals surface area contributed by atoms with Crippen LogP contribution in [-0.2, 0) is 0 Å². The topological polar surface area (TPSA) is 57.6 Å². The number of hydrogen-bond acceptors (Lipinski definition) is 3. The molecule has 1 aliphatic rings. The number of rotatable bonds is 4. The molecule has 1 aliphatic carbocycles. The van der Waals surface area contributed by atoms with Gasteiger partial charge in [-0.15, -0.1) is 11.3 Å². The van der Waals surface area contributed by atoms with E-state index in [1.807, 2.05) is 20.8 Å². The Morgan fingerprint density at radius 2 is 1.81 bits per heavy atom. The Bertz CT molecular complexity index is 1090. The van der Waals surface area contributed by atoms with Crippen LogP contribution in [-0.4, -0.2) is 29.2 Å². The normalized spacial score (nSPS) is 18.6. The van der Waals surface area contributed by atoms with Gasteiger partial charge in [-0.2, -0.15) is 0 Å². The minimum Gasteiger partial charge on any atom is -0.477 e. The first-order chi connectivity index (χ1) is 15.0. The van der Waals surface area contributed by atoms with Crippen molar-refractivity contribution < 1.29 is 19.1 Å². The van der Waals surface area contributed by atoms with Crippen molar-refractivity contribution in [3.63, 3.8) is 0 Å². The summed E-state index contributed by atoms with van der Waals surface area (Å²) in [5.41, 5.74) is 0.210. The Hall–Kier alpha value is -2.07. The number of anilines is 1. The molecule has 1 aromatic heterocycles. The van der Waals surface area contributed by atoms with Crippen molar-refractivity contribution in [1.29, 1.82) is 0 Å². The van der Waals surface area contributed by atoms with Gasteiger partial charge in [0.15, 0.2) is 0 Å². The van der Waals surface area contributed by atoms with Crippen LogP contribution < -0.4 is 4.90 Å². The van der Waals surface area contributed by atoms with Gasteiger partial charge in [0.2, 0.25) is 0 Å². The first-order valence-corrected chi connectivity index (χ1v) is 11.9. The zero-order valence-corrected chi connectivity index (χ0v) is 20.4. The summed E-state index contributed by atoms with van der Waals surface area (Å²) in [5.74, 6) is 4.54. The molecule has 2 aromatic rings. The summed E-state index contributed by atoms with van der Waals surface area (Å²) >= 11 is 13.3. The van der Waals surface area contributed by atoms with Crippen LogP contribution in [0.25, 0.3) is 0 Å². The van der Waals surface area contributed by atoms with Crippen molar-refractivity contribution in [2.45, 2.75) is 58.7 Å². The number of alkyl halides is 1.